The van der Waals surface area contributed by atoms with E-state index in [9.17, 15) is 0 Å². The van der Waals surface area contributed by atoms with Crippen molar-refractivity contribution in [3.05, 3.63) is 35.4 Å². The van der Waals surface area contributed by atoms with Crippen LogP contribution >= 0.6 is 12.6 Å². The highest BCUT2D eigenvalue weighted by Gasteiger charge is 1.97. The second kappa shape index (κ2) is 18.6. The van der Waals surface area contributed by atoms with E-state index in [1.54, 1.807) is 7.11 Å². The highest BCUT2D eigenvalue weighted by Crippen LogP contribution is 2.13. The largest absolute Gasteiger partial charge is 0.382 e. The minimum Gasteiger partial charge on any atom is -0.382 e. The summed E-state index contributed by atoms with van der Waals surface area (Å²) in [5.74, 6) is 1.05. The van der Waals surface area contributed by atoms with Crippen molar-refractivity contribution in [1.29, 1.82) is 5.41 Å². The van der Waals surface area contributed by atoms with E-state index >= 15 is 0 Å². The summed E-state index contributed by atoms with van der Waals surface area (Å²) < 4.78 is 4.75. The van der Waals surface area contributed by atoms with Gasteiger partial charge in [0.05, 0.1) is 6.10 Å². The van der Waals surface area contributed by atoms with Crippen molar-refractivity contribution >= 4 is 18.3 Å². The molecule has 3 heteroatoms. The van der Waals surface area contributed by atoms with E-state index in [-0.39, 0.29) is 0 Å². The molecule has 0 spiro atoms. The van der Waals surface area contributed by atoms with Gasteiger partial charge < -0.3 is 10.1 Å². The summed E-state index contributed by atoms with van der Waals surface area (Å²) in [7, 11) is 1.70. The van der Waals surface area contributed by atoms with Gasteiger partial charge in [0.25, 0.3) is 0 Å². The van der Waals surface area contributed by atoms with Crippen LogP contribution in [0.4, 0.5) is 0 Å². The van der Waals surface area contributed by atoms with Crippen LogP contribution in [-0.4, -0.2) is 24.7 Å². The number of ether oxygens (including phenoxy) is 1. The van der Waals surface area contributed by atoms with Crippen molar-refractivity contribution in [2.45, 2.75) is 97.5 Å². The van der Waals surface area contributed by atoms with Gasteiger partial charge in [-0.15, -0.1) is 0 Å². The van der Waals surface area contributed by atoms with Crippen LogP contribution in [-0.2, 0) is 11.2 Å². The molecule has 1 rings (SSSR count). The van der Waals surface area contributed by atoms with E-state index in [4.69, 9.17) is 10.1 Å². The van der Waals surface area contributed by atoms with Crippen LogP contribution in [0.5, 0.6) is 0 Å². The predicted octanol–water partition coefficient (Wildman–Crippen LogP) is 7.49. The van der Waals surface area contributed by atoms with Crippen molar-refractivity contribution < 1.29 is 4.74 Å². The molecule has 0 aliphatic rings. The van der Waals surface area contributed by atoms with E-state index in [2.05, 4.69) is 36.9 Å². The average Bonchev–Trinajstić information content (AvgIpc) is 2.67. The molecule has 0 saturated carbocycles. The molecule has 1 aromatic rings. The van der Waals surface area contributed by atoms with Gasteiger partial charge in [0, 0.05) is 12.8 Å². The molecule has 0 radical (unpaired) electrons. The Labute approximate surface area is 174 Å². The Kier molecular flexibility index (Phi) is 18.0. The molecule has 0 unspecified atom stereocenters. The Bertz CT molecular complexity index is 456. The molecule has 2 nitrogen and oxygen atoms in total. The van der Waals surface area contributed by atoms with E-state index < -0.39 is 0 Å². The summed E-state index contributed by atoms with van der Waals surface area (Å²) in [6.45, 7) is 5.84. The molecule has 1 N–H and O–H groups in total. The maximum absolute atomic E-state index is 7.60. The number of hydrogen-bond donors (Lipinski definition) is 2. The van der Waals surface area contributed by atoms with Crippen molar-refractivity contribution in [3.8, 4) is 0 Å². The van der Waals surface area contributed by atoms with Crippen LogP contribution in [0.15, 0.2) is 24.3 Å². The second-order valence-electron chi connectivity index (χ2n) is 7.62. The van der Waals surface area contributed by atoms with E-state index in [1.165, 1.54) is 76.2 Å². The minimum atomic E-state index is 0.384. The molecule has 0 bridgehead atoms. The van der Waals surface area contributed by atoms with Gasteiger partial charge in [0.15, 0.2) is 0 Å². The van der Waals surface area contributed by atoms with E-state index in [1.807, 2.05) is 20.8 Å². The second-order valence-corrected chi connectivity index (χ2v) is 8.06. The standard InChI is InChI=1S/C20H33NS.C4H10O/c1-18(21)20-15-13-19(14-16-20)12-10-8-6-4-2-3-5-7-9-11-17-22;1-4(2)5-3/h13-16,21-22H,2-12,17H2,1H3;4H,1-3H3. The van der Waals surface area contributed by atoms with Gasteiger partial charge in [-0.3, -0.25) is 0 Å². The summed E-state index contributed by atoms with van der Waals surface area (Å²) >= 11 is 4.24. The maximum atomic E-state index is 7.60. The molecule has 1 aromatic carbocycles. The van der Waals surface area contributed by atoms with Crippen LogP contribution in [0.2, 0.25) is 0 Å². The van der Waals surface area contributed by atoms with Crippen LogP contribution in [0.25, 0.3) is 0 Å². The molecule has 0 aliphatic heterocycles. The lowest BCUT2D eigenvalue weighted by atomic mass is 10.0. The lowest BCUT2D eigenvalue weighted by Gasteiger charge is -2.04. The molecule has 0 aliphatic carbocycles. The summed E-state index contributed by atoms with van der Waals surface area (Å²) in [6.07, 6.45) is 15.3. The summed E-state index contributed by atoms with van der Waals surface area (Å²) in [5, 5.41) is 7.60. The lowest BCUT2D eigenvalue weighted by Crippen LogP contribution is -1.94. The summed E-state index contributed by atoms with van der Waals surface area (Å²) in [4.78, 5) is 0. The maximum Gasteiger partial charge on any atom is 0.0515 e. The number of rotatable bonds is 14. The molecule has 0 atom stereocenters. The number of nitrogens with one attached hydrogen (secondary N) is 1. The van der Waals surface area contributed by atoms with Gasteiger partial charge >= 0.3 is 0 Å². The van der Waals surface area contributed by atoms with Gasteiger partial charge in [-0.05, 0) is 56.9 Å². The van der Waals surface area contributed by atoms with Crippen molar-refractivity contribution in [1.82, 2.24) is 0 Å². The van der Waals surface area contributed by atoms with Gasteiger partial charge in [-0.1, -0.05) is 75.6 Å². The van der Waals surface area contributed by atoms with Gasteiger partial charge in [0.2, 0.25) is 0 Å². The molecular weight excluding hydrogens is 350 g/mol. The number of unbranched alkanes of at least 4 members (excludes halogenated alkanes) is 9. The summed E-state index contributed by atoms with van der Waals surface area (Å²) in [6, 6.07) is 8.51. The van der Waals surface area contributed by atoms with Gasteiger partial charge in [-0.2, -0.15) is 12.6 Å². The zero-order valence-corrected chi connectivity index (χ0v) is 19.1. The van der Waals surface area contributed by atoms with E-state index in [0.29, 0.717) is 11.8 Å². The number of aryl methyl sites for hydroxylation is 1. The molecule has 27 heavy (non-hydrogen) atoms. The topological polar surface area (TPSA) is 33.1 Å². The Balaban J connectivity index is 0.00000119. The zero-order valence-electron chi connectivity index (χ0n) is 18.2. The Hall–Kier alpha value is -0.800. The predicted molar refractivity (Wildman–Crippen MR) is 125 cm³/mol. The minimum absolute atomic E-state index is 0.384. The third-order valence-electron chi connectivity index (χ3n) is 4.73. The number of hydrogen-bond acceptors (Lipinski definition) is 3. The molecule has 0 aromatic heterocycles. The third-order valence-corrected chi connectivity index (χ3v) is 5.05. The molecule has 0 heterocycles. The van der Waals surface area contributed by atoms with Crippen molar-refractivity contribution in [3.63, 3.8) is 0 Å². The highest BCUT2D eigenvalue weighted by atomic mass is 32.1. The Morgan fingerprint density at radius 1 is 0.852 bits per heavy atom. The molecule has 0 saturated heterocycles. The lowest BCUT2D eigenvalue weighted by molar-refractivity contribution is 0.134. The van der Waals surface area contributed by atoms with E-state index in [0.717, 1.165) is 11.3 Å². The molecule has 0 amide bonds. The SMILES string of the molecule is CC(=N)c1ccc(CCCCCCCCCCCCS)cc1.COC(C)C. The number of thiol groups is 1. The third kappa shape index (κ3) is 17.1. The fourth-order valence-corrected chi connectivity index (χ4v) is 3.00. The first-order chi connectivity index (χ1) is 13.0. The van der Waals surface area contributed by atoms with Crippen molar-refractivity contribution in [2.75, 3.05) is 12.9 Å². The smallest absolute Gasteiger partial charge is 0.0515 e. The Morgan fingerprint density at radius 3 is 1.63 bits per heavy atom. The van der Waals surface area contributed by atoms with Crippen LogP contribution in [0.1, 0.15) is 96.1 Å². The van der Waals surface area contributed by atoms with Gasteiger partial charge in [0.1, 0.15) is 0 Å². The fraction of sp³-hybridized carbons (Fsp3) is 0.708. The zero-order chi connectivity index (χ0) is 20.3. The van der Waals surface area contributed by atoms with Gasteiger partial charge in [-0.25, -0.2) is 0 Å². The highest BCUT2D eigenvalue weighted by molar-refractivity contribution is 7.80. The van der Waals surface area contributed by atoms with Crippen LogP contribution in [0, 0.1) is 5.41 Å². The monoisotopic (exact) mass is 393 g/mol. The summed E-state index contributed by atoms with van der Waals surface area (Å²) in [5.41, 5.74) is 3.10. The molecule has 156 valence electrons. The quantitative estimate of drug-likeness (QED) is 0.191. The average molecular weight is 394 g/mol. The molecule has 0 fully saturated rings. The normalized spacial score (nSPS) is 10.6. The number of methoxy groups -OCH3 is 1. The van der Waals surface area contributed by atoms with Crippen LogP contribution in [0.3, 0.4) is 0 Å². The first-order valence-corrected chi connectivity index (χ1v) is 11.4. The first-order valence-electron chi connectivity index (χ1n) is 10.8. The van der Waals surface area contributed by atoms with Crippen LogP contribution < -0.4 is 0 Å². The molecular formula is C24H43NOS. The number of benzene rings is 1. The first kappa shape index (κ1) is 26.2. The fourth-order valence-electron chi connectivity index (χ4n) is 2.78. The van der Waals surface area contributed by atoms with Crippen molar-refractivity contribution in [2.24, 2.45) is 0 Å². The Morgan fingerprint density at radius 2 is 1.26 bits per heavy atom.